The Bertz CT molecular complexity index is 1100. The maximum absolute atomic E-state index is 12.9. The summed E-state index contributed by atoms with van der Waals surface area (Å²) in [6, 6.07) is 8.09. The van der Waals surface area contributed by atoms with Gasteiger partial charge < -0.3 is 14.2 Å². The molecule has 2 aliphatic rings. The minimum atomic E-state index is -3.66. The number of nitrogens with zero attached hydrogens (tertiary/aromatic N) is 3. The zero-order valence-electron chi connectivity index (χ0n) is 17.2. The number of sulfonamides is 1. The maximum Gasteiger partial charge on any atom is 0.289 e. The summed E-state index contributed by atoms with van der Waals surface area (Å²) in [5.41, 5.74) is 0.505. The number of carbonyl (C=O) groups is 2. The van der Waals surface area contributed by atoms with E-state index in [-0.39, 0.29) is 28.2 Å². The first-order valence-electron chi connectivity index (χ1n) is 10.2. The van der Waals surface area contributed by atoms with Crippen molar-refractivity contribution in [1.29, 1.82) is 0 Å². The van der Waals surface area contributed by atoms with Crippen molar-refractivity contribution in [3.05, 3.63) is 52.4 Å². The van der Waals surface area contributed by atoms with Crippen molar-refractivity contribution in [2.45, 2.75) is 24.7 Å². The van der Waals surface area contributed by atoms with Gasteiger partial charge in [-0.25, -0.2) is 8.42 Å². The normalized spacial score (nSPS) is 17.9. The largest absolute Gasteiger partial charge is 0.455 e. The van der Waals surface area contributed by atoms with Crippen LogP contribution in [0.1, 0.15) is 39.5 Å². The average molecular weight is 466 g/mol. The molecule has 0 spiro atoms. The molecule has 1 aromatic heterocycles. The summed E-state index contributed by atoms with van der Waals surface area (Å²) in [4.78, 5) is 28.9. The molecule has 10 heteroatoms. The molecule has 31 heavy (non-hydrogen) atoms. The van der Waals surface area contributed by atoms with Gasteiger partial charge in [-0.1, -0.05) is 17.7 Å². The van der Waals surface area contributed by atoms with E-state index in [1.54, 1.807) is 41.0 Å². The highest BCUT2D eigenvalue weighted by atomic mass is 35.5. The molecule has 2 fully saturated rings. The zero-order valence-corrected chi connectivity index (χ0v) is 18.8. The molecule has 3 heterocycles. The van der Waals surface area contributed by atoms with Gasteiger partial charge in [0, 0.05) is 55.9 Å². The minimum Gasteiger partial charge on any atom is -0.455 e. The Morgan fingerprint density at radius 2 is 1.55 bits per heavy atom. The third-order valence-electron chi connectivity index (χ3n) is 5.69. The molecule has 166 valence electrons. The van der Waals surface area contributed by atoms with Gasteiger partial charge in [0.1, 0.15) is 10.7 Å². The van der Waals surface area contributed by atoms with Gasteiger partial charge in [-0.15, -0.1) is 0 Å². The Hall–Kier alpha value is -2.36. The second kappa shape index (κ2) is 8.64. The summed E-state index contributed by atoms with van der Waals surface area (Å²) in [7, 11) is -3.66. The highest BCUT2D eigenvalue weighted by Gasteiger charge is 2.33. The van der Waals surface area contributed by atoms with Crippen LogP contribution in [0.2, 0.25) is 5.02 Å². The SMILES string of the molecule is Cc1oc(C(=O)N2CCN(C(=O)c3cccc(Cl)c3)CC2)cc1S(=O)(=O)N1CCCC1. The number of amides is 2. The molecule has 0 radical (unpaired) electrons. The van der Waals surface area contributed by atoms with Crippen LogP contribution in [0.3, 0.4) is 0 Å². The Morgan fingerprint density at radius 3 is 2.16 bits per heavy atom. The molecule has 1 aromatic carbocycles. The minimum absolute atomic E-state index is 0.00453. The predicted octanol–water partition coefficient (Wildman–Crippen LogP) is 2.62. The van der Waals surface area contributed by atoms with Gasteiger partial charge in [0.05, 0.1) is 0 Å². The highest BCUT2D eigenvalue weighted by molar-refractivity contribution is 7.89. The van der Waals surface area contributed by atoms with Crippen molar-refractivity contribution in [2.24, 2.45) is 0 Å². The van der Waals surface area contributed by atoms with Crippen LogP contribution in [0.15, 0.2) is 39.6 Å². The van der Waals surface area contributed by atoms with Crippen LogP contribution in [0.4, 0.5) is 0 Å². The monoisotopic (exact) mass is 465 g/mol. The summed E-state index contributed by atoms with van der Waals surface area (Å²) in [5.74, 6) is -0.293. The van der Waals surface area contributed by atoms with Gasteiger partial charge in [-0.2, -0.15) is 4.31 Å². The molecule has 2 aromatic rings. The number of aryl methyl sites for hydroxylation is 1. The summed E-state index contributed by atoms with van der Waals surface area (Å²) in [5, 5.41) is 0.493. The van der Waals surface area contributed by atoms with E-state index in [1.165, 1.54) is 10.4 Å². The number of rotatable bonds is 4. The summed E-state index contributed by atoms with van der Waals surface area (Å²) in [6.07, 6.45) is 1.67. The van der Waals surface area contributed by atoms with Crippen molar-refractivity contribution in [2.75, 3.05) is 39.3 Å². The predicted molar refractivity (Wildman–Crippen MR) is 115 cm³/mol. The lowest BCUT2D eigenvalue weighted by molar-refractivity contribution is 0.0517. The van der Waals surface area contributed by atoms with Crippen molar-refractivity contribution in [1.82, 2.24) is 14.1 Å². The number of hydrogen-bond donors (Lipinski definition) is 0. The topological polar surface area (TPSA) is 91.1 Å². The van der Waals surface area contributed by atoms with Gasteiger partial charge in [-0.05, 0) is 38.0 Å². The lowest BCUT2D eigenvalue weighted by Gasteiger charge is -2.34. The molecule has 2 saturated heterocycles. The Labute approximate surface area is 186 Å². The van der Waals surface area contributed by atoms with Crippen LogP contribution in [-0.4, -0.2) is 73.6 Å². The molecule has 0 bridgehead atoms. The average Bonchev–Trinajstić information content (AvgIpc) is 3.43. The highest BCUT2D eigenvalue weighted by Crippen LogP contribution is 2.27. The summed E-state index contributed by atoms with van der Waals surface area (Å²) in [6.45, 7) is 3.93. The number of piperazine rings is 1. The second-order valence-electron chi connectivity index (χ2n) is 7.74. The lowest BCUT2D eigenvalue weighted by atomic mass is 10.2. The van der Waals surface area contributed by atoms with Crippen molar-refractivity contribution in [3.63, 3.8) is 0 Å². The molecule has 0 saturated carbocycles. The van der Waals surface area contributed by atoms with E-state index in [1.807, 2.05) is 0 Å². The Morgan fingerprint density at radius 1 is 0.935 bits per heavy atom. The quantitative estimate of drug-likeness (QED) is 0.692. The molecule has 2 amide bonds. The van der Waals surface area contributed by atoms with Crippen LogP contribution in [0, 0.1) is 6.92 Å². The number of halogens is 1. The van der Waals surface area contributed by atoms with Gasteiger partial charge in [0.2, 0.25) is 10.0 Å². The first-order chi connectivity index (χ1) is 14.8. The molecule has 0 atom stereocenters. The number of furan rings is 1. The Kier molecular flexibility index (Phi) is 6.09. The molecular formula is C21H24ClN3O5S. The van der Waals surface area contributed by atoms with E-state index in [4.69, 9.17) is 16.0 Å². The number of carbonyl (C=O) groups excluding carboxylic acids is 2. The molecule has 8 nitrogen and oxygen atoms in total. The van der Waals surface area contributed by atoms with Crippen LogP contribution in [0.5, 0.6) is 0 Å². The third-order valence-corrected chi connectivity index (χ3v) is 7.93. The van der Waals surface area contributed by atoms with Crippen LogP contribution >= 0.6 is 11.6 Å². The molecule has 2 aliphatic heterocycles. The van der Waals surface area contributed by atoms with Crippen LogP contribution in [-0.2, 0) is 10.0 Å². The standard InChI is InChI=1S/C21H24ClN3O5S/c1-15-19(31(28,29)25-7-2-3-8-25)14-18(30-15)21(27)24-11-9-23(10-12-24)20(26)16-5-4-6-17(22)13-16/h4-6,13-14H,2-3,7-12H2,1H3. The molecule has 0 unspecified atom stereocenters. The first-order valence-corrected chi connectivity index (χ1v) is 12.0. The molecular weight excluding hydrogens is 442 g/mol. The summed E-state index contributed by atoms with van der Waals surface area (Å²) >= 11 is 5.97. The lowest BCUT2D eigenvalue weighted by Crippen LogP contribution is -2.50. The van der Waals surface area contributed by atoms with Gasteiger partial charge in [0.15, 0.2) is 5.76 Å². The molecule has 0 aliphatic carbocycles. The summed E-state index contributed by atoms with van der Waals surface area (Å²) < 4.78 is 32.6. The smallest absolute Gasteiger partial charge is 0.289 e. The van der Waals surface area contributed by atoms with E-state index in [2.05, 4.69) is 0 Å². The van der Waals surface area contributed by atoms with Gasteiger partial charge >= 0.3 is 0 Å². The van der Waals surface area contributed by atoms with E-state index < -0.39 is 10.0 Å². The fraction of sp³-hybridized carbons (Fsp3) is 0.429. The van der Waals surface area contributed by atoms with Crippen molar-refractivity contribution in [3.8, 4) is 0 Å². The fourth-order valence-corrected chi connectivity index (χ4v) is 5.84. The second-order valence-corrected chi connectivity index (χ2v) is 10.1. The maximum atomic E-state index is 12.9. The van der Waals surface area contributed by atoms with Crippen LogP contribution < -0.4 is 0 Å². The molecule has 4 rings (SSSR count). The van der Waals surface area contributed by atoms with E-state index in [0.717, 1.165) is 12.8 Å². The third kappa shape index (κ3) is 4.35. The van der Waals surface area contributed by atoms with Gasteiger partial charge in [-0.3, -0.25) is 9.59 Å². The van der Waals surface area contributed by atoms with Crippen molar-refractivity contribution >= 4 is 33.4 Å². The van der Waals surface area contributed by atoms with Crippen LogP contribution in [0.25, 0.3) is 0 Å². The van der Waals surface area contributed by atoms with E-state index >= 15 is 0 Å². The van der Waals surface area contributed by atoms with Gasteiger partial charge in [0.25, 0.3) is 11.8 Å². The first kappa shape index (κ1) is 21.9. The van der Waals surface area contributed by atoms with E-state index in [0.29, 0.717) is 49.9 Å². The molecule has 0 N–H and O–H groups in total. The number of benzene rings is 1. The van der Waals surface area contributed by atoms with Crippen molar-refractivity contribution < 1.29 is 22.4 Å². The van der Waals surface area contributed by atoms with E-state index in [9.17, 15) is 18.0 Å². The number of hydrogen-bond acceptors (Lipinski definition) is 5. The Balaban J connectivity index is 1.43. The zero-order chi connectivity index (χ0) is 22.2. The fourth-order valence-electron chi connectivity index (χ4n) is 3.97.